The second kappa shape index (κ2) is 7.39. The third-order valence-corrected chi connectivity index (χ3v) is 3.78. The number of nitro benzene ring substituents is 2. The van der Waals surface area contributed by atoms with Gasteiger partial charge in [-0.3, -0.25) is 25.7 Å². The number of nitrogens with zero attached hydrogens (tertiary/aromatic N) is 3. The van der Waals surface area contributed by atoms with Crippen LogP contribution in [0, 0.1) is 34.1 Å². The minimum absolute atomic E-state index is 0.0646. The molecule has 0 radical (unpaired) electrons. The standard InChI is InChI=1S/C16H16N4O5/c1-10-11(2)16(25-3)7-4-12(10)9-17-18-14-6-5-13(19(21)22)8-15(14)20(23)24/h4-9,18H,1-3H3/b17-9+. The first kappa shape index (κ1) is 17.9. The molecule has 0 amide bonds. The Morgan fingerprint density at radius 1 is 1.08 bits per heavy atom. The molecule has 25 heavy (non-hydrogen) atoms. The van der Waals surface area contributed by atoms with Crippen LogP contribution in [0.5, 0.6) is 5.75 Å². The van der Waals surface area contributed by atoms with E-state index in [2.05, 4.69) is 10.5 Å². The second-order valence-corrected chi connectivity index (χ2v) is 5.19. The van der Waals surface area contributed by atoms with Gasteiger partial charge in [0, 0.05) is 6.07 Å². The van der Waals surface area contributed by atoms with Crippen molar-refractivity contribution in [3.05, 3.63) is 67.3 Å². The molecule has 2 rings (SSSR count). The second-order valence-electron chi connectivity index (χ2n) is 5.19. The molecular formula is C16H16N4O5. The molecule has 0 heterocycles. The fourth-order valence-electron chi connectivity index (χ4n) is 2.23. The van der Waals surface area contributed by atoms with Crippen molar-refractivity contribution in [3.63, 3.8) is 0 Å². The number of rotatable bonds is 6. The van der Waals surface area contributed by atoms with E-state index in [1.54, 1.807) is 13.2 Å². The maximum atomic E-state index is 11.1. The van der Waals surface area contributed by atoms with Crippen LogP contribution in [-0.2, 0) is 0 Å². The van der Waals surface area contributed by atoms with Crippen LogP contribution in [0.3, 0.4) is 0 Å². The zero-order valence-corrected chi connectivity index (χ0v) is 13.8. The molecule has 2 aromatic rings. The molecule has 0 aromatic heterocycles. The van der Waals surface area contributed by atoms with Gasteiger partial charge in [0.2, 0.25) is 0 Å². The number of benzene rings is 2. The highest BCUT2D eigenvalue weighted by molar-refractivity contribution is 5.83. The molecule has 0 spiro atoms. The predicted molar refractivity (Wildman–Crippen MR) is 93.4 cm³/mol. The van der Waals surface area contributed by atoms with E-state index in [-0.39, 0.29) is 11.4 Å². The summed E-state index contributed by atoms with van der Waals surface area (Å²) in [5, 5.41) is 25.8. The van der Waals surface area contributed by atoms with Crippen molar-refractivity contribution in [2.75, 3.05) is 12.5 Å². The molecule has 9 nitrogen and oxygen atoms in total. The smallest absolute Gasteiger partial charge is 0.301 e. The summed E-state index contributed by atoms with van der Waals surface area (Å²) in [7, 11) is 1.59. The molecule has 0 unspecified atom stereocenters. The highest BCUT2D eigenvalue weighted by atomic mass is 16.6. The number of ether oxygens (including phenoxy) is 1. The van der Waals surface area contributed by atoms with Gasteiger partial charge >= 0.3 is 5.69 Å². The summed E-state index contributed by atoms with van der Waals surface area (Å²) in [5.74, 6) is 0.758. The third-order valence-electron chi connectivity index (χ3n) is 3.78. The molecule has 0 fully saturated rings. The van der Waals surface area contributed by atoms with Crippen LogP contribution in [-0.4, -0.2) is 23.2 Å². The SMILES string of the molecule is COc1ccc(/C=N/Nc2ccc([N+](=O)[O-])cc2[N+](=O)[O-])c(C)c1C. The van der Waals surface area contributed by atoms with E-state index in [9.17, 15) is 20.2 Å². The first-order chi connectivity index (χ1) is 11.8. The zero-order chi connectivity index (χ0) is 18.6. The number of nitrogens with one attached hydrogen (secondary N) is 1. The Kier molecular flexibility index (Phi) is 5.28. The van der Waals surface area contributed by atoms with Gasteiger partial charge in [-0.2, -0.15) is 5.10 Å². The van der Waals surface area contributed by atoms with E-state index in [0.29, 0.717) is 0 Å². The van der Waals surface area contributed by atoms with Crippen molar-refractivity contribution in [2.45, 2.75) is 13.8 Å². The topological polar surface area (TPSA) is 120 Å². The van der Waals surface area contributed by atoms with Gasteiger partial charge in [-0.05, 0) is 48.7 Å². The quantitative estimate of drug-likeness (QED) is 0.486. The molecule has 130 valence electrons. The van der Waals surface area contributed by atoms with Gasteiger partial charge in [-0.15, -0.1) is 0 Å². The largest absolute Gasteiger partial charge is 0.496 e. The summed E-state index contributed by atoms with van der Waals surface area (Å²) in [4.78, 5) is 20.4. The molecule has 0 aliphatic rings. The number of hydrazone groups is 1. The van der Waals surface area contributed by atoms with Crippen molar-refractivity contribution in [2.24, 2.45) is 5.10 Å². The first-order valence-electron chi connectivity index (χ1n) is 7.21. The maximum absolute atomic E-state index is 11.1. The average molecular weight is 344 g/mol. The molecule has 0 bridgehead atoms. The lowest BCUT2D eigenvalue weighted by molar-refractivity contribution is -0.393. The lowest BCUT2D eigenvalue weighted by Crippen LogP contribution is -2.00. The minimum Gasteiger partial charge on any atom is -0.496 e. The average Bonchev–Trinajstić information content (AvgIpc) is 2.58. The molecule has 2 aromatic carbocycles. The summed E-state index contributed by atoms with van der Waals surface area (Å²) in [5.41, 5.74) is 4.58. The van der Waals surface area contributed by atoms with Gasteiger partial charge in [0.25, 0.3) is 5.69 Å². The normalized spacial score (nSPS) is 10.7. The number of methoxy groups -OCH3 is 1. The van der Waals surface area contributed by atoms with Crippen LogP contribution in [0.4, 0.5) is 17.1 Å². The van der Waals surface area contributed by atoms with Crippen LogP contribution >= 0.6 is 0 Å². The molecule has 0 aliphatic carbocycles. The Morgan fingerprint density at radius 3 is 2.40 bits per heavy atom. The summed E-state index contributed by atoms with van der Waals surface area (Å²) in [6, 6.07) is 6.93. The summed E-state index contributed by atoms with van der Waals surface area (Å²) in [6.45, 7) is 3.83. The predicted octanol–water partition coefficient (Wildman–Crippen LogP) is 3.57. The number of hydrogen-bond acceptors (Lipinski definition) is 7. The van der Waals surface area contributed by atoms with Gasteiger partial charge in [0.05, 0.1) is 29.2 Å². The Balaban J connectivity index is 2.27. The number of hydrogen-bond donors (Lipinski definition) is 1. The minimum atomic E-state index is -0.701. The van der Waals surface area contributed by atoms with Crippen molar-refractivity contribution in [1.82, 2.24) is 0 Å². The fourth-order valence-corrected chi connectivity index (χ4v) is 2.23. The number of nitro groups is 2. The van der Waals surface area contributed by atoms with Crippen LogP contribution in [0.1, 0.15) is 16.7 Å². The van der Waals surface area contributed by atoms with Gasteiger partial charge in [0.1, 0.15) is 11.4 Å². The highest BCUT2D eigenvalue weighted by Crippen LogP contribution is 2.29. The van der Waals surface area contributed by atoms with Gasteiger partial charge < -0.3 is 4.74 Å². The van der Waals surface area contributed by atoms with E-state index in [1.807, 2.05) is 19.9 Å². The van der Waals surface area contributed by atoms with Crippen molar-refractivity contribution in [3.8, 4) is 5.75 Å². The van der Waals surface area contributed by atoms with E-state index < -0.39 is 15.5 Å². The molecule has 1 N–H and O–H groups in total. The molecule has 0 aliphatic heterocycles. The number of anilines is 1. The molecule has 0 saturated carbocycles. The maximum Gasteiger partial charge on any atom is 0.301 e. The van der Waals surface area contributed by atoms with Crippen LogP contribution in [0.15, 0.2) is 35.4 Å². The lowest BCUT2D eigenvalue weighted by Gasteiger charge is -2.09. The third kappa shape index (κ3) is 3.89. The van der Waals surface area contributed by atoms with E-state index in [4.69, 9.17) is 4.74 Å². The lowest BCUT2D eigenvalue weighted by atomic mass is 10.0. The van der Waals surface area contributed by atoms with Crippen molar-refractivity contribution < 1.29 is 14.6 Å². The van der Waals surface area contributed by atoms with Crippen molar-refractivity contribution in [1.29, 1.82) is 0 Å². The fraction of sp³-hybridized carbons (Fsp3) is 0.188. The Labute approximate surface area is 143 Å². The molecule has 9 heteroatoms. The van der Waals surface area contributed by atoms with E-state index in [1.165, 1.54) is 18.3 Å². The monoisotopic (exact) mass is 344 g/mol. The first-order valence-corrected chi connectivity index (χ1v) is 7.21. The zero-order valence-electron chi connectivity index (χ0n) is 13.8. The Bertz CT molecular complexity index is 864. The van der Waals surface area contributed by atoms with Crippen LogP contribution in [0.2, 0.25) is 0 Å². The highest BCUT2D eigenvalue weighted by Gasteiger charge is 2.19. The number of non-ortho nitro benzene ring substituents is 1. The molecular weight excluding hydrogens is 328 g/mol. The van der Waals surface area contributed by atoms with Crippen molar-refractivity contribution >= 4 is 23.3 Å². The van der Waals surface area contributed by atoms with Gasteiger partial charge in [-0.1, -0.05) is 0 Å². The van der Waals surface area contributed by atoms with Gasteiger partial charge in [-0.25, -0.2) is 0 Å². The summed E-state index contributed by atoms with van der Waals surface area (Å²) >= 11 is 0. The van der Waals surface area contributed by atoms with Gasteiger partial charge in [0.15, 0.2) is 0 Å². The summed E-state index contributed by atoms with van der Waals surface area (Å²) < 4.78 is 5.24. The Hall–Kier alpha value is -3.49. The molecule has 0 saturated heterocycles. The molecule has 0 atom stereocenters. The van der Waals surface area contributed by atoms with Crippen LogP contribution in [0.25, 0.3) is 0 Å². The Morgan fingerprint density at radius 2 is 1.80 bits per heavy atom. The van der Waals surface area contributed by atoms with E-state index in [0.717, 1.165) is 28.5 Å². The summed E-state index contributed by atoms with van der Waals surface area (Å²) in [6.07, 6.45) is 1.52. The van der Waals surface area contributed by atoms with E-state index >= 15 is 0 Å². The van der Waals surface area contributed by atoms with Crippen LogP contribution < -0.4 is 10.2 Å².